The van der Waals surface area contributed by atoms with E-state index < -0.39 is 0 Å². The van der Waals surface area contributed by atoms with Crippen molar-refractivity contribution >= 4 is 51.9 Å². The minimum atomic E-state index is -0.0355. The summed E-state index contributed by atoms with van der Waals surface area (Å²) in [4.78, 5) is 15.6. The number of rotatable bonds is 12. The highest BCUT2D eigenvalue weighted by atomic mass is 35.5. The van der Waals surface area contributed by atoms with Crippen LogP contribution in [0.3, 0.4) is 0 Å². The molecule has 0 N–H and O–H groups in total. The third-order valence-corrected chi connectivity index (χ3v) is 7.84. The summed E-state index contributed by atoms with van der Waals surface area (Å²) in [6.07, 6.45) is 10.9. The van der Waals surface area contributed by atoms with E-state index in [0.29, 0.717) is 33.1 Å². The molecule has 8 heteroatoms. The summed E-state index contributed by atoms with van der Waals surface area (Å²) in [6.45, 7) is 5.34. The van der Waals surface area contributed by atoms with Crippen LogP contribution in [0.25, 0.3) is 23.0 Å². The molecule has 1 fully saturated rings. The molecule has 3 aromatic rings. The van der Waals surface area contributed by atoms with E-state index in [-0.39, 0.29) is 5.91 Å². The van der Waals surface area contributed by atoms with Gasteiger partial charge in [-0.3, -0.25) is 9.69 Å². The van der Waals surface area contributed by atoms with Gasteiger partial charge in [-0.05, 0) is 49.8 Å². The highest BCUT2D eigenvalue weighted by molar-refractivity contribution is 8.26. The van der Waals surface area contributed by atoms with Crippen LogP contribution in [0, 0.1) is 0 Å². The molecule has 0 atom stereocenters. The normalized spacial score (nSPS) is 14.7. The molecule has 0 spiro atoms. The maximum atomic E-state index is 13.3. The third kappa shape index (κ3) is 6.83. The van der Waals surface area contributed by atoms with E-state index in [4.69, 9.17) is 33.7 Å². The van der Waals surface area contributed by atoms with Crippen molar-refractivity contribution in [3.05, 3.63) is 70.2 Å². The van der Waals surface area contributed by atoms with Crippen LogP contribution < -0.4 is 4.74 Å². The minimum Gasteiger partial charge on any atom is -0.492 e. The number of aromatic nitrogens is 2. The molecule has 0 bridgehead atoms. The van der Waals surface area contributed by atoms with Crippen LogP contribution in [0.5, 0.6) is 5.75 Å². The highest BCUT2D eigenvalue weighted by Gasteiger charge is 2.32. The zero-order valence-corrected chi connectivity index (χ0v) is 23.7. The number of nitrogens with zero attached hydrogens (tertiary/aromatic N) is 3. The zero-order valence-electron chi connectivity index (χ0n) is 21.3. The number of benzene rings is 2. The molecule has 0 aliphatic carbocycles. The Hall–Kier alpha value is -2.61. The summed E-state index contributed by atoms with van der Waals surface area (Å²) in [7, 11) is 0. The van der Waals surface area contributed by atoms with Gasteiger partial charge in [0.15, 0.2) is 0 Å². The first kappa shape index (κ1) is 27.4. The second-order valence-corrected chi connectivity index (χ2v) is 11.0. The molecule has 37 heavy (non-hydrogen) atoms. The van der Waals surface area contributed by atoms with Crippen molar-refractivity contribution in [2.45, 2.75) is 52.4 Å². The summed E-state index contributed by atoms with van der Waals surface area (Å²) in [5.74, 6) is 0.596. The molecule has 1 amide bonds. The van der Waals surface area contributed by atoms with Crippen molar-refractivity contribution in [3.63, 3.8) is 0 Å². The Morgan fingerprint density at radius 3 is 2.54 bits per heavy atom. The number of para-hydroxylation sites is 1. The number of ether oxygens (including phenoxy) is 1. The van der Waals surface area contributed by atoms with Gasteiger partial charge in [-0.1, -0.05) is 92.8 Å². The number of hydrogen-bond donors (Lipinski definition) is 0. The smallest absolute Gasteiger partial charge is 0.266 e. The van der Waals surface area contributed by atoms with E-state index in [9.17, 15) is 4.79 Å². The molecule has 1 saturated heterocycles. The molecule has 5 nitrogen and oxygen atoms in total. The molecule has 0 radical (unpaired) electrons. The Kier molecular flexibility index (Phi) is 9.83. The van der Waals surface area contributed by atoms with Crippen molar-refractivity contribution in [2.24, 2.45) is 0 Å². The van der Waals surface area contributed by atoms with Gasteiger partial charge in [0, 0.05) is 23.9 Å². The van der Waals surface area contributed by atoms with Gasteiger partial charge in [0.05, 0.1) is 22.2 Å². The van der Waals surface area contributed by atoms with Crippen molar-refractivity contribution in [1.82, 2.24) is 14.7 Å². The molecule has 0 unspecified atom stereocenters. The molecule has 2 aromatic carbocycles. The van der Waals surface area contributed by atoms with Crippen molar-refractivity contribution in [1.29, 1.82) is 0 Å². The molecule has 4 rings (SSSR count). The number of hydrogen-bond acceptors (Lipinski definition) is 5. The topological polar surface area (TPSA) is 47.4 Å². The average molecular weight is 554 g/mol. The first-order valence-corrected chi connectivity index (χ1v) is 14.4. The summed E-state index contributed by atoms with van der Waals surface area (Å²) in [5.41, 5.74) is 3.33. The Morgan fingerprint density at radius 1 is 1.05 bits per heavy atom. The van der Waals surface area contributed by atoms with Gasteiger partial charge in [-0.25, -0.2) is 4.68 Å². The first-order valence-electron chi connectivity index (χ1n) is 12.8. The Bertz CT molecular complexity index is 1270. The second-order valence-electron chi connectivity index (χ2n) is 8.89. The monoisotopic (exact) mass is 553 g/mol. The van der Waals surface area contributed by atoms with Crippen LogP contribution in [0.2, 0.25) is 5.02 Å². The van der Waals surface area contributed by atoms with Crippen LogP contribution in [0.15, 0.2) is 59.6 Å². The van der Waals surface area contributed by atoms with Crippen molar-refractivity contribution < 1.29 is 9.53 Å². The fourth-order valence-corrected chi connectivity index (χ4v) is 5.77. The number of carbonyl (C=O) groups excluding carboxylic acids is 1. The average Bonchev–Trinajstić information content (AvgIpc) is 3.44. The van der Waals surface area contributed by atoms with Gasteiger partial charge in [0.1, 0.15) is 15.8 Å². The van der Waals surface area contributed by atoms with Gasteiger partial charge in [-0.2, -0.15) is 5.10 Å². The molecule has 0 saturated carbocycles. The molecule has 194 valence electrons. The fourth-order valence-electron chi connectivity index (χ4n) is 4.24. The Morgan fingerprint density at radius 2 is 1.81 bits per heavy atom. The summed E-state index contributed by atoms with van der Waals surface area (Å²) < 4.78 is 8.04. The number of amides is 1. The SMILES string of the molecule is CCCCCCCCN1C(=O)/C(=C/c2cn(-c3ccccc3)nc2-c2ccc(OCC)c(Cl)c2)SC1=S. The van der Waals surface area contributed by atoms with Crippen LogP contribution in [-0.4, -0.2) is 38.1 Å². The van der Waals surface area contributed by atoms with Crippen LogP contribution in [0.1, 0.15) is 57.9 Å². The summed E-state index contributed by atoms with van der Waals surface area (Å²) in [5, 5.41) is 5.38. The van der Waals surface area contributed by atoms with Crippen LogP contribution >= 0.6 is 35.6 Å². The molecule has 1 aliphatic rings. The maximum absolute atomic E-state index is 13.3. The lowest BCUT2D eigenvalue weighted by molar-refractivity contribution is -0.122. The highest BCUT2D eigenvalue weighted by Crippen LogP contribution is 2.36. The summed E-state index contributed by atoms with van der Waals surface area (Å²) >= 11 is 13.4. The Balaban J connectivity index is 1.61. The van der Waals surface area contributed by atoms with Crippen molar-refractivity contribution in [3.8, 4) is 22.7 Å². The van der Waals surface area contributed by atoms with E-state index in [1.807, 2.05) is 72.4 Å². The third-order valence-electron chi connectivity index (χ3n) is 6.16. The van der Waals surface area contributed by atoms with Gasteiger partial charge in [0.25, 0.3) is 5.91 Å². The van der Waals surface area contributed by atoms with E-state index in [1.165, 1.54) is 37.4 Å². The lowest BCUT2D eigenvalue weighted by Crippen LogP contribution is -2.29. The largest absolute Gasteiger partial charge is 0.492 e. The zero-order chi connectivity index (χ0) is 26.2. The molecular formula is C29H32ClN3O2S2. The maximum Gasteiger partial charge on any atom is 0.266 e. The predicted octanol–water partition coefficient (Wildman–Crippen LogP) is 8.15. The molecule has 2 heterocycles. The lowest BCUT2D eigenvalue weighted by atomic mass is 10.1. The number of unbranched alkanes of at least 4 members (excludes halogenated alkanes) is 5. The van der Waals surface area contributed by atoms with E-state index in [0.717, 1.165) is 35.3 Å². The molecule has 1 aliphatic heterocycles. The van der Waals surface area contributed by atoms with Gasteiger partial charge < -0.3 is 4.74 Å². The number of halogens is 1. The molecular weight excluding hydrogens is 522 g/mol. The van der Waals surface area contributed by atoms with Gasteiger partial charge in [-0.15, -0.1) is 0 Å². The number of thioether (sulfide) groups is 1. The lowest BCUT2D eigenvalue weighted by Gasteiger charge is -2.14. The van der Waals surface area contributed by atoms with Crippen LogP contribution in [0.4, 0.5) is 0 Å². The Labute approximate surface area is 233 Å². The summed E-state index contributed by atoms with van der Waals surface area (Å²) in [6, 6.07) is 15.5. The second kappa shape index (κ2) is 13.3. The van der Waals surface area contributed by atoms with Crippen molar-refractivity contribution in [2.75, 3.05) is 13.2 Å². The number of thiocarbonyl (C=S) groups is 1. The quantitative estimate of drug-likeness (QED) is 0.129. The predicted molar refractivity (Wildman–Crippen MR) is 158 cm³/mol. The van der Waals surface area contributed by atoms with Gasteiger partial charge >= 0.3 is 0 Å². The molecule has 1 aromatic heterocycles. The van der Waals surface area contributed by atoms with E-state index in [2.05, 4.69) is 6.92 Å². The number of carbonyl (C=O) groups is 1. The van der Waals surface area contributed by atoms with Gasteiger partial charge in [0.2, 0.25) is 0 Å². The van der Waals surface area contributed by atoms with E-state index in [1.54, 1.807) is 4.90 Å². The minimum absolute atomic E-state index is 0.0355. The van der Waals surface area contributed by atoms with E-state index >= 15 is 0 Å². The first-order chi connectivity index (χ1) is 18.0. The van der Waals surface area contributed by atoms with Crippen LogP contribution in [-0.2, 0) is 4.79 Å². The standard InChI is InChI=1S/C29H32ClN3O2S2/c1-3-5-6-7-8-12-17-32-28(34)26(37-29(32)36)19-22-20-33(23-13-10-9-11-14-23)31-27(22)21-15-16-25(35-4-2)24(30)18-21/h9-11,13-16,18-20H,3-8,12,17H2,1-2H3/b26-19-. The fraction of sp³-hybridized carbons (Fsp3) is 0.345.